The fraction of sp³-hybridized carbons (Fsp3) is 0.683. The molecule has 0 saturated heterocycles. The highest BCUT2D eigenvalue weighted by Gasteiger charge is 2.17. The molecule has 0 aliphatic carbocycles. The van der Waals surface area contributed by atoms with Crippen molar-refractivity contribution in [3.8, 4) is 0 Å². The Bertz CT molecular complexity index is 808. The zero-order chi connectivity index (χ0) is 32.9. The molecule has 4 nitrogen and oxygen atoms in total. The van der Waals surface area contributed by atoms with Crippen LogP contribution in [0.25, 0.3) is 0 Å². The van der Waals surface area contributed by atoms with Gasteiger partial charge in [0.2, 0.25) is 5.91 Å². The third-order valence-electron chi connectivity index (χ3n) is 7.97. The molecule has 45 heavy (non-hydrogen) atoms. The largest absolute Gasteiger partial charge is 0.394 e. The number of aliphatic hydroxyl groups is 2. The lowest BCUT2D eigenvalue weighted by atomic mass is 10.0. The summed E-state index contributed by atoms with van der Waals surface area (Å²) in [6.45, 7) is 4.13. The fourth-order valence-corrected chi connectivity index (χ4v) is 5.13. The van der Waals surface area contributed by atoms with E-state index in [-0.39, 0.29) is 18.9 Å². The van der Waals surface area contributed by atoms with E-state index in [2.05, 4.69) is 67.8 Å². The standard InChI is InChI=1S/C41H71NO3/c1-3-5-7-9-11-13-15-17-19-20-21-23-24-26-28-30-32-34-36-40(44)39(38-43)42-41(45)37-35-33-31-29-27-25-22-18-16-14-12-10-8-6-4-2/h6,8,12,14,18,22,27,29,33-36,39-40,43-44H,3-5,7,9-11,13,15-17,19-21,23-26,28,30-32,37-38H2,1-2H3,(H,42,45)/b8-6-,14-12-,22-18-,29-27-,35-33-,36-34+. The molecule has 0 aliphatic heterocycles. The quantitative estimate of drug-likeness (QED) is 0.0514. The van der Waals surface area contributed by atoms with Gasteiger partial charge < -0.3 is 15.5 Å². The monoisotopic (exact) mass is 626 g/mol. The Morgan fingerprint density at radius 1 is 0.556 bits per heavy atom. The van der Waals surface area contributed by atoms with Crippen molar-refractivity contribution in [2.24, 2.45) is 0 Å². The maximum absolute atomic E-state index is 12.2. The Kier molecular flexibility index (Phi) is 34.5. The molecule has 0 radical (unpaired) electrons. The smallest absolute Gasteiger partial charge is 0.224 e. The molecule has 2 unspecified atom stereocenters. The minimum atomic E-state index is -0.881. The van der Waals surface area contributed by atoms with Gasteiger partial charge in [-0.1, -0.05) is 183 Å². The number of nitrogens with one attached hydrogen (secondary N) is 1. The summed E-state index contributed by atoms with van der Waals surface area (Å²) < 4.78 is 0. The second-order valence-electron chi connectivity index (χ2n) is 12.3. The van der Waals surface area contributed by atoms with Gasteiger partial charge >= 0.3 is 0 Å². The van der Waals surface area contributed by atoms with Crippen LogP contribution in [-0.4, -0.2) is 34.9 Å². The van der Waals surface area contributed by atoms with Crippen LogP contribution >= 0.6 is 0 Å². The van der Waals surface area contributed by atoms with Gasteiger partial charge in [-0.25, -0.2) is 0 Å². The molecule has 0 heterocycles. The van der Waals surface area contributed by atoms with Gasteiger partial charge in [0.25, 0.3) is 0 Å². The summed E-state index contributed by atoms with van der Waals surface area (Å²) in [4.78, 5) is 12.2. The Hall–Kier alpha value is -2.17. The van der Waals surface area contributed by atoms with Gasteiger partial charge in [-0.2, -0.15) is 0 Å². The van der Waals surface area contributed by atoms with Gasteiger partial charge in [-0.15, -0.1) is 0 Å². The topological polar surface area (TPSA) is 69.6 Å². The molecule has 0 bridgehead atoms. The second-order valence-corrected chi connectivity index (χ2v) is 12.3. The van der Waals surface area contributed by atoms with Crippen molar-refractivity contribution in [3.63, 3.8) is 0 Å². The van der Waals surface area contributed by atoms with Gasteiger partial charge in [-0.3, -0.25) is 4.79 Å². The van der Waals surface area contributed by atoms with E-state index in [9.17, 15) is 15.0 Å². The highest BCUT2D eigenvalue weighted by atomic mass is 16.3. The number of carbonyl (C=O) groups is 1. The number of aliphatic hydroxyl groups excluding tert-OH is 2. The summed E-state index contributed by atoms with van der Waals surface area (Å²) in [6.07, 6.45) is 51.5. The summed E-state index contributed by atoms with van der Waals surface area (Å²) in [7, 11) is 0. The third-order valence-corrected chi connectivity index (χ3v) is 7.97. The number of carbonyl (C=O) groups excluding carboxylic acids is 1. The zero-order valence-electron chi connectivity index (χ0n) is 29.4. The van der Waals surface area contributed by atoms with Crippen LogP contribution in [0.4, 0.5) is 0 Å². The first kappa shape index (κ1) is 42.8. The van der Waals surface area contributed by atoms with Crippen molar-refractivity contribution in [2.75, 3.05) is 6.61 Å². The van der Waals surface area contributed by atoms with Gasteiger partial charge in [0, 0.05) is 6.42 Å². The van der Waals surface area contributed by atoms with Crippen molar-refractivity contribution < 1.29 is 15.0 Å². The molecule has 0 aromatic rings. The molecule has 0 aromatic heterocycles. The molecular formula is C41H71NO3. The minimum Gasteiger partial charge on any atom is -0.394 e. The van der Waals surface area contributed by atoms with Crippen LogP contribution in [-0.2, 0) is 4.79 Å². The van der Waals surface area contributed by atoms with Crippen LogP contribution in [0.15, 0.2) is 72.9 Å². The summed E-state index contributed by atoms with van der Waals surface area (Å²) >= 11 is 0. The van der Waals surface area contributed by atoms with E-state index in [1.807, 2.05) is 18.2 Å². The molecule has 1 amide bonds. The van der Waals surface area contributed by atoms with Crippen molar-refractivity contribution in [1.82, 2.24) is 5.32 Å². The normalized spacial score (nSPS) is 14.0. The van der Waals surface area contributed by atoms with Crippen LogP contribution in [0.1, 0.15) is 162 Å². The van der Waals surface area contributed by atoms with Crippen LogP contribution in [0.2, 0.25) is 0 Å². The van der Waals surface area contributed by atoms with Crippen molar-refractivity contribution in [1.29, 1.82) is 0 Å². The van der Waals surface area contributed by atoms with Crippen molar-refractivity contribution >= 4 is 5.91 Å². The van der Waals surface area contributed by atoms with E-state index in [1.165, 1.54) is 96.3 Å². The SMILES string of the molecule is CC/C=C\C/C=C\C/C=C\C/C=C\C/C=C\CC(=O)NC(CO)C(O)/C=C/CCCCCCCCCCCCCCCCCC. The predicted octanol–water partition coefficient (Wildman–Crippen LogP) is 11.2. The lowest BCUT2D eigenvalue weighted by Crippen LogP contribution is -2.44. The highest BCUT2D eigenvalue weighted by Crippen LogP contribution is 2.14. The van der Waals surface area contributed by atoms with E-state index < -0.39 is 12.1 Å². The van der Waals surface area contributed by atoms with E-state index in [4.69, 9.17) is 0 Å². The van der Waals surface area contributed by atoms with E-state index >= 15 is 0 Å². The zero-order valence-corrected chi connectivity index (χ0v) is 29.4. The Morgan fingerprint density at radius 3 is 1.38 bits per heavy atom. The van der Waals surface area contributed by atoms with E-state index in [0.29, 0.717) is 0 Å². The minimum absolute atomic E-state index is 0.194. The maximum Gasteiger partial charge on any atom is 0.224 e. The van der Waals surface area contributed by atoms with Crippen LogP contribution in [0.5, 0.6) is 0 Å². The highest BCUT2D eigenvalue weighted by molar-refractivity contribution is 5.77. The van der Waals surface area contributed by atoms with Gasteiger partial charge in [0.1, 0.15) is 0 Å². The number of unbranched alkanes of at least 4 members (excludes halogenated alkanes) is 16. The van der Waals surface area contributed by atoms with Crippen LogP contribution in [0.3, 0.4) is 0 Å². The average molecular weight is 626 g/mol. The number of hydrogen-bond acceptors (Lipinski definition) is 3. The molecule has 0 aromatic carbocycles. The third kappa shape index (κ3) is 33.0. The number of hydrogen-bond donors (Lipinski definition) is 3. The fourth-order valence-electron chi connectivity index (χ4n) is 5.13. The first-order valence-corrected chi connectivity index (χ1v) is 18.7. The van der Waals surface area contributed by atoms with E-state index in [0.717, 1.165) is 44.9 Å². The molecule has 0 spiro atoms. The number of rotatable bonds is 32. The Morgan fingerprint density at radius 2 is 0.956 bits per heavy atom. The summed E-state index contributed by atoms with van der Waals surface area (Å²) in [5.41, 5.74) is 0. The van der Waals surface area contributed by atoms with Gasteiger partial charge in [-0.05, 0) is 44.9 Å². The number of amides is 1. The lowest BCUT2D eigenvalue weighted by Gasteiger charge is -2.19. The van der Waals surface area contributed by atoms with Crippen LogP contribution in [0, 0.1) is 0 Å². The Balaban J connectivity index is 3.77. The van der Waals surface area contributed by atoms with E-state index in [1.54, 1.807) is 6.08 Å². The van der Waals surface area contributed by atoms with Crippen molar-refractivity contribution in [2.45, 2.75) is 174 Å². The van der Waals surface area contributed by atoms with Gasteiger partial charge in [0.05, 0.1) is 18.8 Å². The van der Waals surface area contributed by atoms with Gasteiger partial charge in [0.15, 0.2) is 0 Å². The molecule has 4 heteroatoms. The first-order chi connectivity index (χ1) is 22.2. The lowest BCUT2D eigenvalue weighted by molar-refractivity contribution is -0.122. The second kappa shape index (κ2) is 36.3. The summed E-state index contributed by atoms with van der Waals surface area (Å²) in [5.74, 6) is -0.194. The molecule has 2 atom stereocenters. The molecule has 0 aliphatic rings. The average Bonchev–Trinajstić information content (AvgIpc) is 3.04. The maximum atomic E-state index is 12.2. The summed E-state index contributed by atoms with van der Waals surface area (Å²) in [5, 5.41) is 22.8. The first-order valence-electron chi connectivity index (χ1n) is 18.7. The molecule has 0 fully saturated rings. The predicted molar refractivity (Wildman–Crippen MR) is 197 cm³/mol. The Labute approximate surface area is 278 Å². The molecule has 0 saturated carbocycles. The molecular weight excluding hydrogens is 554 g/mol. The molecule has 0 rings (SSSR count). The summed E-state index contributed by atoms with van der Waals surface area (Å²) in [6, 6.07) is -0.678. The molecule has 3 N–H and O–H groups in total. The van der Waals surface area contributed by atoms with Crippen molar-refractivity contribution in [3.05, 3.63) is 72.9 Å². The molecule has 258 valence electrons. The number of allylic oxidation sites excluding steroid dienone is 10. The van der Waals surface area contributed by atoms with Crippen LogP contribution < -0.4 is 5.32 Å².